The fourth-order valence-corrected chi connectivity index (χ4v) is 5.04. The van der Waals surface area contributed by atoms with Gasteiger partial charge in [-0.25, -0.2) is 13.1 Å². The van der Waals surface area contributed by atoms with Crippen molar-refractivity contribution in [2.45, 2.75) is 16.1 Å². The molecule has 0 radical (unpaired) electrons. The maximum Gasteiger partial charge on any atom is 0.185 e. The predicted octanol–water partition coefficient (Wildman–Crippen LogP) is 1.98. The quantitative estimate of drug-likeness (QED) is 0.813. The Morgan fingerprint density at radius 3 is 2.59 bits per heavy atom. The molecule has 0 fully saturated rings. The average Bonchev–Trinajstić information content (AvgIpc) is 2.94. The Labute approximate surface area is 136 Å². The molecule has 8 heteroatoms. The minimum atomic E-state index is -3.55. The Bertz CT molecular complexity index is 843. The van der Waals surface area contributed by atoms with Crippen LogP contribution in [0, 0.1) is 0 Å². The number of allylic oxidation sites excluding steroid dienone is 3. The second-order valence-corrected chi connectivity index (χ2v) is 7.92. The summed E-state index contributed by atoms with van der Waals surface area (Å²) in [6.07, 6.45) is 5.22. The lowest BCUT2D eigenvalue weighted by atomic mass is 9.99. The molecule has 1 heterocycles. The van der Waals surface area contributed by atoms with E-state index in [-0.39, 0.29) is 4.90 Å². The van der Waals surface area contributed by atoms with E-state index in [1.54, 1.807) is 49.5 Å². The van der Waals surface area contributed by atoms with Crippen LogP contribution >= 0.6 is 15.9 Å². The first-order chi connectivity index (χ1) is 10.5. The Balaban J connectivity index is 2.11. The fourth-order valence-electron chi connectivity index (χ4n) is 2.45. The summed E-state index contributed by atoms with van der Waals surface area (Å²) in [5, 5.41) is 10.6. The number of halogens is 1. The molecule has 0 N–H and O–H groups in total. The molecule has 2 aromatic rings. The van der Waals surface area contributed by atoms with E-state index in [4.69, 9.17) is 0 Å². The third-order valence-corrected chi connectivity index (χ3v) is 6.38. The first-order valence-electron chi connectivity index (χ1n) is 6.57. The number of tetrazole rings is 1. The Morgan fingerprint density at radius 2 is 1.95 bits per heavy atom. The summed E-state index contributed by atoms with van der Waals surface area (Å²) in [6.45, 7) is 0. The van der Waals surface area contributed by atoms with E-state index in [1.165, 1.54) is 4.68 Å². The van der Waals surface area contributed by atoms with Crippen molar-refractivity contribution >= 4 is 25.8 Å². The number of hydrogen-bond donors (Lipinski definition) is 0. The normalized spacial score (nSPS) is 21.6. The van der Waals surface area contributed by atoms with Crippen molar-refractivity contribution in [2.24, 2.45) is 7.05 Å². The zero-order valence-corrected chi connectivity index (χ0v) is 14.1. The molecule has 0 aliphatic heterocycles. The molecule has 1 aromatic heterocycles. The maximum atomic E-state index is 13.0. The number of aryl methyl sites for hydroxylation is 1. The highest BCUT2D eigenvalue weighted by Crippen LogP contribution is 2.39. The van der Waals surface area contributed by atoms with Crippen LogP contribution in [-0.4, -0.2) is 33.9 Å². The molecule has 6 nitrogen and oxygen atoms in total. The topological polar surface area (TPSA) is 77.7 Å². The van der Waals surface area contributed by atoms with Crippen LogP contribution in [0.4, 0.5) is 0 Å². The van der Waals surface area contributed by atoms with Gasteiger partial charge in [-0.15, -0.1) is 5.10 Å². The Kier molecular flexibility index (Phi) is 3.96. The maximum absolute atomic E-state index is 13.0. The summed E-state index contributed by atoms with van der Waals surface area (Å²) in [7, 11) is -1.86. The molecule has 0 spiro atoms. The van der Waals surface area contributed by atoms with Gasteiger partial charge in [-0.1, -0.05) is 52.4 Å². The predicted molar refractivity (Wildman–Crippen MR) is 85.1 cm³/mol. The second-order valence-electron chi connectivity index (χ2n) is 4.90. The zero-order chi connectivity index (χ0) is 15.7. The van der Waals surface area contributed by atoms with Gasteiger partial charge in [0, 0.05) is 11.5 Å². The van der Waals surface area contributed by atoms with Crippen molar-refractivity contribution in [1.29, 1.82) is 0 Å². The molecule has 1 aliphatic carbocycles. The molecule has 1 aliphatic rings. The molecule has 0 amide bonds. The van der Waals surface area contributed by atoms with Gasteiger partial charge in [0.25, 0.3) is 0 Å². The van der Waals surface area contributed by atoms with E-state index in [1.807, 2.05) is 6.08 Å². The van der Waals surface area contributed by atoms with E-state index in [9.17, 15) is 8.42 Å². The van der Waals surface area contributed by atoms with Gasteiger partial charge in [-0.3, -0.25) is 0 Å². The number of nitrogens with zero attached hydrogens (tertiary/aromatic N) is 4. The van der Waals surface area contributed by atoms with Crippen molar-refractivity contribution in [2.75, 3.05) is 0 Å². The summed E-state index contributed by atoms with van der Waals surface area (Å²) in [5.74, 6) is 0.0205. The van der Waals surface area contributed by atoms with Gasteiger partial charge in [0.2, 0.25) is 0 Å². The van der Waals surface area contributed by atoms with Gasteiger partial charge in [-0.05, 0) is 22.6 Å². The van der Waals surface area contributed by atoms with E-state index < -0.39 is 21.0 Å². The Hall–Kier alpha value is -1.80. The lowest BCUT2D eigenvalue weighted by Gasteiger charge is -2.25. The molecule has 1 aromatic carbocycles. The molecule has 22 heavy (non-hydrogen) atoms. The lowest BCUT2D eigenvalue weighted by molar-refractivity contribution is 0.572. The van der Waals surface area contributed by atoms with Crippen LogP contribution < -0.4 is 0 Å². The van der Waals surface area contributed by atoms with Gasteiger partial charge in [-0.2, -0.15) is 0 Å². The molecule has 114 valence electrons. The van der Waals surface area contributed by atoms with Crippen LogP contribution in [0.15, 0.2) is 57.9 Å². The van der Waals surface area contributed by atoms with E-state index in [0.717, 1.165) is 4.48 Å². The smallest absolute Gasteiger partial charge is 0.185 e. The standard InChI is InChI=1S/C14H13BrN4O2S/c1-19-14(16-17-18-19)13-11(15)8-5-9-12(13)22(20,21)10-6-3-2-4-7-10/h2-9,12-13H,1H3. The molecular weight excluding hydrogens is 368 g/mol. The summed E-state index contributed by atoms with van der Waals surface area (Å²) in [6, 6.07) is 8.41. The van der Waals surface area contributed by atoms with Crippen LogP contribution in [0.25, 0.3) is 0 Å². The van der Waals surface area contributed by atoms with E-state index >= 15 is 0 Å². The highest BCUT2D eigenvalue weighted by molar-refractivity contribution is 9.11. The highest BCUT2D eigenvalue weighted by Gasteiger charge is 2.39. The molecule has 0 bridgehead atoms. The van der Waals surface area contributed by atoms with Crippen LogP contribution in [0.5, 0.6) is 0 Å². The lowest BCUT2D eigenvalue weighted by Crippen LogP contribution is -2.30. The third kappa shape index (κ3) is 2.52. The van der Waals surface area contributed by atoms with Gasteiger partial charge < -0.3 is 0 Å². The van der Waals surface area contributed by atoms with Crippen LogP contribution in [-0.2, 0) is 16.9 Å². The summed E-state index contributed by atoms with van der Waals surface area (Å²) in [5.41, 5.74) is 0. The Morgan fingerprint density at radius 1 is 1.23 bits per heavy atom. The van der Waals surface area contributed by atoms with Gasteiger partial charge in [0.15, 0.2) is 15.7 Å². The minimum Gasteiger partial charge on any atom is -0.232 e. The van der Waals surface area contributed by atoms with Gasteiger partial charge in [0.1, 0.15) is 0 Å². The molecule has 3 rings (SSSR count). The van der Waals surface area contributed by atoms with E-state index in [0.29, 0.717) is 5.82 Å². The van der Waals surface area contributed by atoms with Crippen LogP contribution in [0.3, 0.4) is 0 Å². The van der Waals surface area contributed by atoms with Crippen LogP contribution in [0.1, 0.15) is 11.7 Å². The summed E-state index contributed by atoms with van der Waals surface area (Å²) < 4.78 is 28.2. The monoisotopic (exact) mass is 380 g/mol. The van der Waals surface area contributed by atoms with Crippen molar-refractivity contribution in [3.8, 4) is 0 Å². The largest absolute Gasteiger partial charge is 0.232 e. The number of rotatable bonds is 3. The minimum absolute atomic E-state index is 0.284. The van der Waals surface area contributed by atoms with Crippen LogP contribution in [0.2, 0.25) is 0 Å². The molecular formula is C14H13BrN4O2S. The zero-order valence-electron chi connectivity index (χ0n) is 11.7. The summed E-state index contributed by atoms with van der Waals surface area (Å²) >= 11 is 3.45. The summed E-state index contributed by atoms with van der Waals surface area (Å²) in [4.78, 5) is 0.284. The number of hydrogen-bond acceptors (Lipinski definition) is 5. The van der Waals surface area contributed by atoms with Crippen molar-refractivity contribution in [1.82, 2.24) is 20.2 Å². The molecule has 2 unspecified atom stereocenters. The SMILES string of the molecule is Cn1nnnc1C1C(Br)=CC=CC1S(=O)(=O)c1ccccc1. The molecule has 0 saturated carbocycles. The number of sulfone groups is 1. The first kappa shape index (κ1) is 15.1. The number of benzene rings is 1. The average molecular weight is 381 g/mol. The van der Waals surface area contributed by atoms with Crippen molar-refractivity contribution in [3.63, 3.8) is 0 Å². The second kappa shape index (κ2) is 5.77. The first-order valence-corrected chi connectivity index (χ1v) is 8.91. The molecule has 2 atom stereocenters. The van der Waals surface area contributed by atoms with E-state index in [2.05, 4.69) is 31.5 Å². The van der Waals surface area contributed by atoms with Crippen molar-refractivity contribution in [3.05, 3.63) is 58.9 Å². The number of aromatic nitrogens is 4. The van der Waals surface area contributed by atoms with Gasteiger partial charge >= 0.3 is 0 Å². The third-order valence-electron chi connectivity index (χ3n) is 3.54. The highest BCUT2D eigenvalue weighted by atomic mass is 79.9. The van der Waals surface area contributed by atoms with Gasteiger partial charge in [0.05, 0.1) is 16.1 Å². The van der Waals surface area contributed by atoms with Crippen molar-refractivity contribution < 1.29 is 8.42 Å². The fraction of sp³-hybridized carbons (Fsp3) is 0.214. The molecule has 0 saturated heterocycles.